The normalized spacial score (nSPS) is 18.9. The largest absolute Gasteiger partial charge is 0.192 e. The Bertz CT molecular complexity index is 1170. The standard InChI is InChI=1S/C26H24N4S3/c1-3-5-7-17-12-24(33-25(17)20(15-29)16-30)26-18(8-6-4-2)11-23(32-26)22-10-9-21(31-22)19(13-27)14-28/h9-12,22,24H,3-8H2,1-2H3. The van der Waals surface area contributed by atoms with Crippen molar-refractivity contribution in [2.24, 2.45) is 0 Å². The van der Waals surface area contributed by atoms with Crippen molar-refractivity contribution in [3.05, 3.63) is 66.1 Å². The summed E-state index contributed by atoms with van der Waals surface area (Å²) in [7, 11) is 0. The molecule has 0 amide bonds. The van der Waals surface area contributed by atoms with Crippen molar-refractivity contribution in [1.82, 2.24) is 0 Å². The van der Waals surface area contributed by atoms with Crippen LogP contribution in [0.1, 0.15) is 71.8 Å². The van der Waals surface area contributed by atoms with Crippen molar-refractivity contribution < 1.29 is 0 Å². The van der Waals surface area contributed by atoms with Crippen molar-refractivity contribution in [2.75, 3.05) is 0 Å². The summed E-state index contributed by atoms with van der Waals surface area (Å²) in [5.74, 6) is 0. The van der Waals surface area contributed by atoms with E-state index in [1.807, 2.05) is 18.2 Å². The van der Waals surface area contributed by atoms with E-state index in [4.69, 9.17) is 0 Å². The van der Waals surface area contributed by atoms with Gasteiger partial charge in [0.25, 0.3) is 0 Å². The zero-order chi connectivity index (χ0) is 23.8. The molecule has 0 saturated carbocycles. The van der Waals surface area contributed by atoms with Gasteiger partial charge < -0.3 is 0 Å². The Morgan fingerprint density at radius 2 is 1.55 bits per heavy atom. The molecule has 1 aromatic heterocycles. The number of allylic oxidation sites excluding steroid dienone is 4. The molecule has 2 unspecified atom stereocenters. The van der Waals surface area contributed by atoms with Crippen LogP contribution in [0.3, 0.4) is 0 Å². The second-order valence-electron chi connectivity index (χ2n) is 7.76. The maximum atomic E-state index is 9.49. The van der Waals surface area contributed by atoms with Crippen molar-refractivity contribution in [1.29, 1.82) is 21.0 Å². The summed E-state index contributed by atoms with van der Waals surface area (Å²) in [6.07, 6.45) is 12.4. The molecule has 0 saturated heterocycles. The molecule has 2 aliphatic heterocycles. The van der Waals surface area contributed by atoms with E-state index in [1.54, 1.807) is 34.9 Å². The number of hydrogen-bond acceptors (Lipinski definition) is 7. The van der Waals surface area contributed by atoms with Crippen LogP contribution >= 0.6 is 34.9 Å². The second kappa shape index (κ2) is 12.0. The van der Waals surface area contributed by atoms with Crippen LogP contribution in [0.2, 0.25) is 0 Å². The van der Waals surface area contributed by atoms with E-state index in [9.17, 15) is 21.0 Å². The van der Waals surface area contributed by atoms with Crippen LogP contribution in [-0.2, 0) is 6.42 Å². The molecule has 33 heavy (non-hydrogen) atoms. The Morgan fingerprint density at radius 1 is 0.879 bits per heavy atom. The van der Waals surface area contributed by atoms with Crippen LogP contribution in [0, 0.1) is 45.3 Å². The predicted octanol–water partition coefficient (Wildman–Crippen LogP) is 7.94. The average molecular weight is 489 g/mol. The summed E-state index contributed by atoms with van der Waals surface area (Å²) in [5, 5.41) is 37.6. The molecule has 0 fully saturated rings. The number of thioether (sulfide) groups is 2. The summed E-state index contributed by atoms with van der Waals surface area (Å²) >= 11 is 4.95. The average Bonchev–Trinajstić information content (AvgIpc) is 3.56. The molecule has 2 atom stereocenters. The zero-order valence-electron chi connectivity index (χ0n) is 18.7. The number of nitrogens with zero attached hydrogens (tertiary/aromatic N) is 4. The van der Waals surface area contributed by atoms with E-state index in [1.165, 1.54) is 15.3 Å². The molecule has 3 heterocycles. The lowest BCUT2D eigenvalue weighted by Crippen LogP contribution is -1.91. The van der Waals surface area contributed by atoms with Crippen LogP contribution < -0.4 is 0 Å². The Balaban J connectivity index is 1.97. The molecule has 1 aromatic rings. The molecule has 0 bridgehead atoms. The third-order valence-corrected chi connectivity index (χ3v) is 9.71. The number of unbranched alkanes of at least 4 members (excludes halogenated alkanes) is 2. The Labute approximate surface area is 208 Å². The molecule has 166 valence electrons. The number of aryl methyl sites for hydroxylation is 1. The number of hydrogen-bond donors (Lipinski definition) is 0. The fraction of sp³-hybridized carbons (Fsp3) is 0.385. The fourth-order valence-corrected chi connectivity index (χ4v) is 7.72. The van der Waals surface area contributed by atoms with E-state index in [-0.39, 0.29) is 21.6 Å². The minimum absolute atomic E-state index is 0.0922. The zero-order valence-corrected chi connectivity index (χ0v) is 21.2. The summed E-state index contributed by atoms with van der Waals surface area (Å²) in [6.45, 7) is 4.33. The molecule has 0 radical (unpaired) electrons. The van der Waals surface area contributed by atoms with Gasteiger partial charge in [-0.25, -0.2) is 0 Å². The molecule has 4 nitrogen and oxygen atoms in total. The minimum Gasteiger partial charge on any atom is -0.192 e. The summed E-state index contributed by atoms with van der Waals surface area (Å²) < 4.78 is 0. The fourth-order valence-electron chi connectivity index (χ4n) is 3.76. The highest BCUT2D eigenvalue weighted by Crippen LogP contribution is 2.54. The molecule has 3 rings (SSSR count). The third kappa shape index (κ3) is 5.63. The topological polar surface area (TPSA) is 95.2 Å². The van der Waals surface area contributed by atoms with Crippen molar-refractivity contribution in [3.63, 3.8) is 0 Å². The third-order valence-electron chi connectivity index (χ3n) is 5.48. The Kier molecular flexibility index (Phi) is 9.05. The van der Waals surface area contributed by atoms with Gasteiger partial charge in [-0.2, -0.15) is 21.0 Å². The summed E-state index contributed by atoms with van der Waals surface area (Å²) in [4.78, 5) is 4.06. The van der Waals surface area contributed by atoms with Crippen molar-refractivity contribution >= 4 is 34.9 Å². The Hall–Kier alpha value is -2.68. The molecule has 0 aromatic carbocycles. The Morgan fingerprint density at radius 3 is 2.18 bits per heavy atom. The van der Waals surface area contributed by atoms with Crippen LogP contribution in [0.5, 0.6) is 0 Å². The van der Waals surface area contributed by atoms with Gasteiger partial charge in [0.05, 0.1) is 10.5 Å². The number of rotatable bonds is 8. The van der Waals surface area contributed by atoms with Gasteiger partial charge in [-0.15, -0.1) is 34.9 Å². The van der Waals surface area contributed by atoms with Crippen LogP contribution in [0.25, 0.3) is 0 Å². The van der Waals surface area contributed by atoms with Gasteiger partial charge in [0.15, 0.2) is 0 Å². The molecule has 0 spiro atoms. The molecule has 2 aliphatic rings. The number of nitriles is 4. The lowest BCUT2D eigenvalue weighted by Gasteiger charge is -2.09. The van der Waals surface area contributed by atoms with E-state index in [0.29, 0.717) is 0 Å². The molecular formula is C26H24N4S3. The van der Waals surface area contributed by atoms with E-state index < -0.39 is 0 Å². The monoisotopic (exact) mass is 488 g/mol. The van der Waals surface area contributed by atoms with Crippen molar-refractivity contribution in [3.8, 4) is 24.3 Å². The highest BCUT2D eigenvalue weighted by atomic mass is 32.2. The van der Waals surface area contributed by atoms with Crippen LogP contribution in [0.4, 0.5) is 0 Å². The molecule has 0 N–H and O–H groups in total. The van der Waals surface area contributed by atoms with Gasteiger partial charge in [-0.3, -0.25) is 0 Å². The summed E-state index contributed by atoms with van der Waals surface area (Å²) in [5.41, 5.74) is 2.81. The van der Waals surface area contributed by atoms with E-state index in [0.717, 1.165) is 53.9 Å². The maximum absolute atomic E-state index is 9.49. The maximum Gasteiger partial charge on any atom is 0.143 e. The summed E-state index contributed by atoms with van der Waals surface area (Å²) in [6, 6.07) is 10.4. The first-order valence-electron chi connectivity index (χ1n) is 11.0. The molecule has 7 heteroatoms. The van der Waals surface area contributed by atoms with Gasteiger partial charge in [-0.1, -0.05) is 38.8 Å². The highest BCUT2D eigenvalue weighted by Gasteiger charge is 2.30. The first kappa shape index (κ1) is 25.0. The van der Waals surface area contributed by atoms with Crippen molar-refractivity contribution in [2.45, 2.75) is 62.9 Å². The second-order valence-corrected chi connectivity index (χ2v) is 11.2. The first-order valence-corrected chi connectivity index (χ1v) is 13.6. The van der Waals surface area contributed by atoms with Gasteiger partial charge in [0.1, 0.15) is 35.4 Å². The predicted molar refractivity (Wildman–Crippen MR) is 137 cm³/mol. The SMILES string of the molecule is CCCCC1=CC(c2sc(C3C=CC(=C(C#N)C#N)S3)cc2CCCC)SC1=C(C#N)C#N. The molecular weight excluding hydrogens is 465 g/mol. The lowest BCUT2D eigenvalue weighted by molar-refractivity contribution is 0.789. The van der Waals surface area contributed by atoms with E-state index in [2.05, 4.69) is 44.2 Å². The van der Waals surface area contributed by atoms with Gasteiger partial charge in [-0.05, 0) is 49.0 Å². The lowest BCUT2D eigenvalue weighted by atomic mass is 10.0. The molecule has 0 aliphatic carbocycles. The van der Waals surface area contributed by atoms with Crippen LogP contribution in [-0.4, -0.2) is 0 Å². The van der Waals surface area contributed by atoms with Gasteiger partial charge in [0, 0.05) is 19.6 Å². The van der Waals surface area contributed by atoms with Crippen LogP contribution in [0.15, 0.2) is 50.8 Å². The highest BCUT2D eigenvalue weighted by molar-refractivity contribution is 8.04. The quantitative estimate of drug-likeness (QED) is 0.345. The minimum atomic E-state index is 0.0922. The smallest absolute Gasteiger partial charge is 0.143 e. The number of thiophene rings is 1. The van der Waals surface area contributed by atoms with Gasteiger partial charge >= 0.3 is 0 Å². The van der Waals surface area contributed by atoms with E-state index >= 15 is 0 Å². The first-order chi connectivity index (χ1) is 16.1. The van der Waals surface area contributed by atoms with Gasteiger partial charge in [0.2, 0.25) is 0 Å².